The summed E-state index contributed by atoms with van der Waals surface area (Å²) in [5.74, 6) is -0.0567. The number of unbranched alkanes of at least 4 members (excludes halogenated alkanes) is 18. The third-order valence-corrected chi connectivity index (χ3v) is 6.77. The van der Waals surface area contributed by atoms with E-state index in [9.17, 15) is 9.59 Å². The van der Waals surface area contributed by atoms with Gasteiger partial charge in [-0.25, -0.2) is 4.79 Å². The Morgan fingerprint density at radius 1 is 0.649 bits per heavy atom. The number of amides is 1. The SMILES string of the molecule is CCCCCC(C)OC(=O)NCCCCCCCCCCCCCCCCCCCC(=O)OC(C)(C)C. The van der Waals surface area contributed by atoms with Crippen LogP contribution in [0.1, 0.15) is 176 Å². The minimum absolute atomic E-state index is 0.0196. The molecule has 1 amide bonds. The van der Waals surface area contributed by atoms with Crippen molar-refractivity contribution in [2.24, 2.45) is 0 Å². The van der Waals surface area contributed by atoms with E-state index in [1.165, 1.54) is 103 Å². The highest BCUT2D eigenvalue weighted by Gasteiger charge is 2.15. The number of hydrogen-bond donors (Lipinski definition) is 1. The second-order valence-electron chi connectivity index (χ2n) is 12.0. The average Bonchev–Trinajstić information content (AvgIpc) is 2.81. The molecule has 0 aliphatic rings. The van der Waals surface area contributed by atoms with Gasteiger partial charge in [-0.05, 0) is 53.4 Å². The maximum atomic E-state index is 11.8. The van der Waals surface area contributed by atoms with E-state index in [0.717, 1.165) is 38.6 Å². The van der Waals surface area contributed by atoms with Crippen LogP contribution in [-0.2, 0) is 14.3 Å². The summed E-state index contributed by atoms with van der Waals surface area (Å²) in [4.78, 5) is 23.4. The van der Waals surface area contributed by atoms with Gasteiger partial charge in [0.2, 0.25) is 0 Å². The standard InChI is InChI=1S/C32H63NO4/c1-6-7-23-26-29(2)36-31(35)33-28-25-22-20-18-16-14-12-10-8-9-11-13-15-17-19-21-24-27-30(34)37-32(3,4)5/h29H,6-28H2,1-5H3,(H,33,35). The van der Waals surface area contributed by atoms with Gasteiger partial charge >= 0.3 is 12.1 Å². The number of ether oxygens (including phenoxy) is 2. The van der Waals surface area contributed by atoms with Crippen molar-refractivity contribution < 1.29 is 19.1 Å². The second-order valence-corrected chi connectivity index (χ2v) is 12.0. The minimum Gasteiger partial charge on any atom is -0.460 e. The Labute approximate surface area is 230 Å². The van der Waals surface area contributed by atoms with Gasteiger partial charge in [-0.2, -0.15) is 0 Å². The summed E-state index contributed by atoms with van der Waals surface area (Å²) in [6, 6.07) is 0. The van der Waals surface area contributed by atoms with Gasteiger partial charge in [0.05, 0.1) is 0 Å². The summed E-state index contributed by atoms with van der Waals surface area (Å²) in [5.41, 5.74) is -0.360. The van der Waals surface area contributed by atoms with Crippen molar-refractivity contribution in [2.75, 3.05) is 6.54 Å². The summed E-state index contributed by atoms with van der Waals surface area (Å²) < 4.78 is 10.7. The second kappa shape index (κ2) is 25.0. The fourth-order valence-electron chi connectivity index (χ4n) is 4.59. The Kier molecular flexibility index (Phi) is 24.2. The van der Waals surface area contributed by atoms with Crippen molar-refractivity contribution in [1.29, 1.82) is 0 Å². The fourth-order valence-corrected chi connectivity index (χ4v) is 4.59. The molecule has 220 valence electrons. The van der Waals surface area contributed by atoms with Crippen LogP contribution in [0.5, 0.6) is 0 Å². The molecule has 0 aromatic carbocycles. The van der Waals surface area contributed by atoms with E-state index >= 15 is 0 Å². The van der Waals surface area contributed by atoms with E-state index in [0.29, 0.717) is 6.42 Å². The molecular formula is C32H63NO4. The number of carbonyl (C=O) groups excluding carboxylic acids is 2. The molecule has 5 heteroatoms. The van der Waals surface area contributed by atoms with E-state index in [-0.39, 0.29) is 23.8 Å². The largest absolute Gasteiger partial charge is 0.460 e. The highest BCUT2D eigenvalue weighted by molar-refractivity contribution is 5.69. The van der Waals surface area contributed by atoms with Gasteiger partial charge < -0.3 is 14.8 Å². The molecule has 0 aliphatic carbocycles. The maximum absolute atomic E-state index is 11.8. The van der Waals surface area contributed by atoms with Crippen LogP contribution in [0.4, 0.5) is 4.79 Å². The highest BCUT2D eigenvalue weighted by Crippen LogP contribution is 2.15. The third-order valence-electron chi connectivity index (χ3n) is 6.77. The monoisotopic (exact) mass is 525 g/mol. The zero-order valence-electron chi connectivity index (χ0n) is 25.5. The lowest BCUT2D eigenvalue weighted by atomic mass is 10.0. The Hall–Kier alpha value is -1.26. The minimum atomic E-state index is -0.360. The lowest BCUT2D eigenvalue weighted by Crippen LogP contribution is -2.28. The normalized spacial score (nSPS) is 12.4. The third kappa shape index (κ3) is 29.2. The summed E-state index contributed by atoms with van der Waals surface area (Å²) in [5, 5.41) is 2.89. The molecule has 0 saturated heterocycles. The van der Waals surface area contributed by atoms with E-state index in [2.05, 4.69) is 12.2 Å². The summed E-state index contributed by atoms with van der Waals surface area (Å²) in [7, 11) is 0. The number of esters is 1. The van der Waals surface area contributed by atoms with Gasteiger partial charge in [-0.15, -0.1) is 0 Å². The van der Waals surface area contributed by atoms with Gasteiger partial charge in [0.1, 0.15) is 11.7 Å². The van der Waals surface area contributed by atoms with Crippen LogP contribution in [0.15, 0.2) is 0 Å². The molecule has 1 unspecified atom stereocenters. The van der Waals surface area contributed by atoms with Crippen LogP contribution >= 0.6 is 0 Å². The first-order valence-corrected chi connectivity index (χ1v) is 15.9. The van der Waals surface area contributed by atoms with E-state index < -0.39 is 0 Å². The van der Waals surface area contributed by atoms with Gasteiger partial charge in [0.25, 0.3) is 0 Å². The van der Waals surface area contributed by atoms with E-state index in [4.69, 9.17) is 9.47 Å². The predicted octanol–water partition coefficient (Wildman–Crippen LogP) is 10.0. The van der Waals surface area contributed by atoms with Crippen molar-refractivity contribution in [3.63, 3.8) is 0 Å². The van der Waals surface area contributed by atoms with Crippen molar-refractivity contribution >= 4 is 12.1 Å². The van der Waals surface area contributed by atoms with Crippen molar-refractivity contribution in [1.82, 2.24) is 5.32 Å². The topological polar surface area (TPSA) is 64.6 Å². The number of hydrogen-bond acceptors (Lipinski definition) is 4. The molecule has 0 fully saturated rings. The van der Waals surface area contributed by atoms with Crippen LogP contribution in [0.25, 0.3) is 0 Å². The lowest BCUT2D eigenvalue weighted by molar-refractivity contribution is -0.154. The number of alkyl carbamates (subject to hydrolysis) is 1. The Morgan fingerprint density at radius 2 is 1.08 bits per heavy atom. The molecule has 0 spiro atoms. The van der Waals surface area contributed by atoms with Crippen LogP contribution in [0, 0.1) is 0 Å². The Morgan fingerprint density at radius 3 is 1.51 bits per heavy atom. The summed E-state index contributed by atoms with van der Waals surface area (Å²) in [6.45, 7) is 10.7. The van der Waals surface area contributed by atoms with Gasteiger partial charge in [0, 0.05) is 13.0 Å². The first-order chi connectivity index (χ1) is 17.7. The van der Waals surface area contributed by atoms with Gasteiger partial charge in [-0.1, -0.05) is 116 Å². The molecule has 0 aliphatic heterocycles. The zero-order chi connectivity index (χ0) is 27.6. The lowest BCUT2D eigenvalue weighted by Gasteiger charge is -2.19. The van der Waals surface area contributed by atoms with E-state index in [1.807, 2.05) is 27.7 Å². The molecule has 0 aromatic heterocycles. The highest BCUT2D eigenvalue weighted by atomic mass is 16.6. The van der Waals surface area contributed by atoms with Gasteiger partial charge in [0.15, 0.2) is 0 Å². The van der Waals surface area contributed by atoms with Crippen LogP contribution in [0.2, 0.25) is 0 Å². The molecule has 1 N–H and O–H groups in total. The molecule has 0 radical (unpaired) electrons. The molecular weight excluding hydrogens is 462 g/mol. The number of nitrogens with one attached hydrogen (secondary N) is 1. The quantitative estimate of drug-likeness (QED) is 0.0951. The van der Waals surface area contributed by atoms with Crippen molar-refractivity contribution in [3.05, 3.63) is 0 Å². The molecule has 0 bridgehead atoms. The van der Waals surface area contributed by atoms with E-state index in [1.54, 1.807) is 0 Å². The van der Waals surface area contributed by atoms with Crippen LogP contribution in [0.3, 0.4) is 0 Å². The molecule has 0 heterocycles. The smallest absolute Gasteiger partial charge is 0.407 e. The first kappa shape index (κ1) is 35.7. The van der Waals surface area contributed by atoms with Crippen molar-refractivity contribution in [3.8, 4) is 0 Å². The zero-order valence-corrected chi connectivity index (χ0v) is 25.5. The predicted molar refractivity (Wildman–Crippen MR) is 157 cm³/mol. The molecule has 1 atom stereocenters. The average molecular weight is 526 g/mol. The van der Waals surface area contributed by atoms with Crippen molar-refractivity contribution in [2.45, 2.75) is 188 Å². The fraction of sp³-hybridized carbons (Fsp3) is 0.938. The molecule has 5 nitrogen and oxygen atoms in total. The Bertz CT molecular complexity index is 529. The molecule has 0 aromatic rings. The van der Waals surface area contributed by atoms with Crippen LogP contribution < -0.4 is 5.32 Å². The maximum Gasteiger partial charge on any atom is 0.407 e. The summed E-state index contributed by atoms with van der Waals surface area (Å²) >= 11 is 0. The Balaban J connectivity index is 3.24. The summed E-state index contributed by atoms with van der Waals surface area (Å²) in [6.07, 6.45) is 26.6. The number of carbonyl (C=O) groups is 2. The molecule has 0 saturated carbocycles. The first-order valence-electron chi connectivity index (χ1n) is 15.9. The van der Waals surface area contributed by atoms with Crippen LogP contribution in [-0.4, -0.2) is 30.3 Å². The molecule has 0 rings (SSSR count). The molecule has 37 heavy (non-hydrogen) atoms. The number of rotatable bonds is 25. The van der Waals surface area contributed by atoms with Gasteiger partial charge in [-0.3, -0.25) is 4.79 Å².